The molecule has 39 heavy (non-hydrogen) atoms. The maximum absolute atomic E-state index is 13.2. The average molecular weight is 647 g/mol. The summed E-state index contributed by atoms with van der Waals surface area (Å²) in [6.07, 6.45) is 5.14. The molecule has 2 aliphatic rings. The van der Waals surface area contributed by atoms with E-state index >= 15 is 0 Å². The van der Waals surface area contributed by atoms with E-state index in [1.165, 1.54) is 14.7 Å². The van der Waals surface area contributed by atoms with Gasteiger partial charge >= 0.3 is 12.1 Å². The Hall–Kier alpha value is -2.13. The number of aryl methyl sites for hydroxylation is 1. The smallest absolute Gasteiger partial charge is 0.410 e. The van der Waals surface area contributed by atoms with Crippen LogP contribution in [0.15, 0.2) is 48.5 Å². The fraction of sp³-hybridized carbons (Fsp3) is 0.562. The van der Waals surface area contributed by atoms with Gasteiger partial charge in [-0.1, -0.05) is 24.3 Å². The number of likely N-dealkylation sites (tertiary alicyclic amines) is 1. The number of benzene rings is 2. The van der Waals surface area contributed by atoms with Crippen LogP contribution in [0.5, 0.6) is 0 Å². The van der Waals surface area contributed by atoms with E-state index in [9.17, 15) is 9.59 Å². The van der Waals surface area contributed by atoms with Crippen molar-refractivity contribution in [1.82, 2.24) is 9.80 Å². The highest BCUT2D eigenvalue weighted by Gasteiger charge is 2.46. The Morgan fingerprint density at radius 3 is 2.31 bits per heavy atom. The van der Waals surface area contributed by atoms with Gasteiger partial charge in [-0.2, -0.15) is 0 Å². The number of carbonyl (C=O) groups is 2. The summed E-state index contributed by atoms with van der Waals surface area (Å²) in [6.45, 7) is 12.0. The standard InChI is InChI=1S/C32H43IN2O4/c1-5-38-30(36)26-10-8-23(9-11-26)7-6-18-34-19-16-24(17-20-34)22-35(31(37)39-32(2,3)4)29-21-28(29)25-12-14-27(33)15-13-25/h8-15,24,28-29H,5-7,16-22H2,1-4H3. The monoisotopic (exact) mass is 646 g/mol. The molecular weight excluding hydrogens is 603 g/mol. The van der Waals surface area contributed by atoms with Crippen LogP contribution in [0.4, 0.5) is 4.79 Å². The van der Waals surface area contributed by atoms with Gasteiger partial charge in [0.1, 0.15) is 5.60 Å². The van der Waals surface area contributed by atoms with Gasteiger partial charge in [-0.3, -0.25) is 0 Å². The van der Waals surface area contributed by atoms with Crippen LogP contribution in [-0.2, 0) is 15.9 Å². The molecule has 1 amide bonds. The molecule has 0 spiro atoms. The molecule has 1 saturated heterocycles. The molecule has 1 heterocycles. The lowest BCUT2D eigenvalue weighted by molar-refractivity contribution is 0.0171. The quantitative estimate of drug-likeness (QED) is 0.208. The van der Waals surface area contributed by atoms with Crippen molar-refractivity contribution in [1.29, 1.82) is 0 Å². The zero-order chi connectivity index (χ0) is 28.0. The molecule has 0 N–H and O–H groups in total. The van der Waals surface area contributed by atoms with E-state index in [1.807, 2.05) is 56.9 Å². The lowest BCUT2D eigenvalue weighted by atomic mass is 9.95. The van der Waals surface area contributed by atoms with Crippen LogP contribution >= 0.6 is 22.6 Å². The third-order valence-corrected chi connectivity index (χ3v) is 8.37. The van der Waals surface area contributed by atoms with E-state index in [4.69, 9.17) is 9.47 Å². The number of ether oxygens (including phenoxy) is 2. The molecule has 2 atom stereocenters. The van der Waals surface area contributed by atoms with Crippen LogP contribution in [-0.4, -0.2) is 66.3 Å². The Kier molecular flexibility index (Phi) is 10.3. The van der Waals surface area contributed by atoms with Gasteiger partial charge in [-0.15, -0.1) is 0 Å². The second-order valence-corrected chi connectivity index (χ2v) is 13.1. The van der Waals surface area contributed by atoms with E-state index in [-0.39, 0.29) is 18.1 Å². The lowest BCUT2D eigenvalue weighted by Crippen LogP contribution is -2.44. The molecule has 0 aromatic heterocycles. The second-order valence-electron chi connectivity index (χ2n) is 11.9. The minimum absolute atomic E-state index is 0.170. The number of amides is 1. The lowest BCUT2D eigenvalue weighted by Gasteiger charge is -2.36. The maximum atomic E-state index is 13.2. The fourth-order valence-corrected chi connectivity index (χ4v) is 5.82. The van der Waals surface area contributed by atoms with Gasteiger partial charge in [0.05, 0.1) is 12.2 Å². The van der Waals surface area contributed by atoms with Crippen LogP contribution in [0.2, 0.25) is 0 Å². The molecule has 1 aliphatic carbocycles. The molecule has 6 nitrogen and oxygen atoms in total. The van der Waals surface area contributed by atoms with Crippen molar-refractivity contribution < 1.29 is 19.1 Å². The number of rotatable bonds is 10. The van der Waals surface area contributed by atoms with Gasteiger partial charge in [0.25, 0.3) is 0 Å². The molecule has 1 saturated carbocycles. The van der Waals surface area contributed by atoms with Crippen LogP contribution in [0.25, 0.3) is 0 Å². The van der Waals surface area contributed by atoms with Crippen LogP contribution in [0.1, 0.15) is 80.8 Å². The molecule has 1 aliphatic heterocycles. The minimum Gasteiger partial charge on any atom is -0.462 e. The fourth-order valence-electron chi connectivity index (χ4n) is 5.46. The number of hydrogen-bond donors (Lipinski definition) is 0. The normalized spacial score (nSPS) is 19.9. The molecule has 2 aromatic carbocycles. The first-order valence-corrected chi connectivity index (χ1v) is 15.4. The molecule has 2 unspecified atom stereocenters. The molecule has 0 bridgehead atoms. The number of nitrogens with zero attached hydrogens (tertiary/aromatic N) is 2. The number of hydrogen-bond acceptors (Lipinski definition) is 5. The molecule has 212 valence electrons. The van der Waals surface area contributed by atoms with Gasteiger partial charge in [0.2, 0.25) is 0 Å². The Balaban J connectivity index is 1.24. The number of piperidine rings is 1. The van der Waals surface area contributed by atoms with Crippen LogP contribution in [0.3, 0.4) is 0 Å². The van der Waals surface area contributed by atoms with Crippen molar-refractivity contribution in [3.8, 4) is 0 Å². The first kappa shape index (κ1) is 29.8. The second kappa shape index (κ2) is 13.5. The topological polar surface area (TPSA) is 59.1 Å². The number of esters is 1. The van der Waals surface area contributed by atoms with Crippen molar-refractivity contribution in [3.05, 3.63) is 68.8 Å². The summed E-state index contributed by atoms with van der Waals surface area (Å²) >= 11 is 2.34. The summed E-state index contributed by atoms with van der Waals surface area (Å²) in [5.41, 5.74) is 2.68. The molecule has 2 aromatic rings. The highest BCUT2D eigenvalue weighted by atomic mass is 127. The van der Waals surface area contributed by atoms with E-state index < -0.39 is 5.60 Å². The summed E-state index contributed by atoms with van der Waals surface area (Å²) < 4.78 is 12.1. The minimum atomic E-state index is -0.495. The van der Waals surface area contributed by atoms with Crippen molar-refractivity contribution in [3.63, 3.8) is 0 Å². The molecule has 4 rings (SSSR count). The molecular formula is C32H43IN2O4. The van der Waals surface area contributed by atoms with Crippen LogP contribution < -0.4 is 0 Å². The molecule has 2 fully saturated rings. The summed E-state index contributed by atoms with van der Waals surface area (Å²) in [4.78, 5) is 29.7. The van der Waals surface area contributed by atoms with Crippen molar-refractivity contribution in [2.75, 3.05) is 32.8 Å². The Bertz CT molecular complexity index is 1090. The highest BCUT2D eigenvalue weighted by molar-refractivity contribution is 14.1. The SMILES string of the molecule is CCOC(=O)c1ccc(CCCN2CCC(CN(C(=O)OC(C)(C)C)C3CC3c3ccc(I)cc3)CC2)cc1. The van der Waals surface area contributed by atoms with E-state index in [0.29, 0.717) is 24.0 Å². The van der Waals surface area contributed by atoms with Gasteiger partial charge < -0.3 is 19.3 Å². The van der Waals surface area contributed by atoms with Crippen LogP contribution in [0, 0.1) is 9.49 Å². The van der Waals surface area contributed by atoms with Crippen molar-refractivity contribution in [2.45, 2.75) is 77.4 Å². The van der Waals surface area contributed by atoms with Crippen molar-refractivity contribution >= 4 is 34.7 Å². The maximum Gasteiger partial charge on any atom is 0.410 e. The summed E-state index contributed by atoms with van der Waals surface area (Å²) in [6, 6.07) is 16.7. The average Bonchev–Trinajstić information content (AvgIpc) is 3.68. The predicted octanol–water partition coefficient (Wildman–Crippen LogP) is 6.91. The third kappa shape index (κ3) is 8.93. The summed E-state index contributed by atoms with van der Waals surface area (Å²) in [5, 5.41) is 0. The van der Waals surface area contributed by atoms with Gasteiger partial charge in [0, 0.05) is 22.1 Å². The molecule has 0 radical (unpaired) electrons. The van der Waals surface area contributed by atoms with E-state index in [2.05, 4.69) is 51.8 Å². The Labute approximate surface area is 247 Å². The van der Waals surface area contributed by atoms with E-state index in [0.717, 1.165) is 58.3 Å². The largest absolute Gasteiger partial charge is 0.462 e. The van der Waals surface area contributed by atoms with E-state index in [1.54, 1.807) is 0 Å². The third-order valence-electron chi connectivity index (χ3n) is 7.65. The van der Waals surface area contributed by atoms with Crippen molar-refractivity contribution in [2.24, 2.45) is 5.92 Å². The first-order chi connectivity index (χ1) is 18.6. The Morgan fingerprint density at radius 2 is 1.69 bits per heavy atom. The zero-order valence-corrected chi connectivity index (χ0v) is 26.0. The summed E-state index contributed by atoms with van der Waals surface area (Å²) in [7, 11) is 0. The van der Waals surface area contributed by atoms with Gasteiger partial charge in [-0.25, -0.2) is 9.59 Å². The number of halogens is 1. The van der Waals surface area contributed by atoms with Gasteiger partial charge in [0.15, 0.2) is 0 Å². The summed E-state index contributed by atoms with van der Waals surface area (Å²) in [5.74, 6) is 0.646. The highest BCUT2D eigenvalue weighted by Crippen LogP contribution is 2.46. The number of carbonyl (C=O) groups excluding carboxylic acids is 2. The predicted molar refractivity (Wildman–Crippen MR) is 163 cm³/mol. The zero-order valence-electron chi connectivity index (χ0n) is 23.8. The van der Waals surface area contributed by atoms with Gasteiger partial charge in [-0.05, 0) is 143 Å². The molecule has 7 heteroatoms. The Morgan fingerprint density at radius 1 is 1.03 bits per heavy atom. The first-order valence-electron chi connectivity index (χ1n) is 14.4.